The van der Waals surface area contributed by atoms with Crippen LogP contribution in [0.25, 0.3) is 10.9 Å². The van der Waals surface area contributed by atoms with E-state index in [-0.39, 0.29) is 35.8 Å². The topological polar surface area (TPSA) is 145 Å². The van der Waals surface area contributed by atoms with E-state index in [0.29, 0.717) is 41.9 Å². The van der Waals surface area contributed by atoms with Crippen molar-refractivity contribution in [1.82, 2.24) is 25.2 Å². The predicted octanol–water partition coefficient (Wildman–Crippen LogP) is 2.98. The first-order chi connectivity index (χ1) is 17.6. The van der Waals surface area contributed by atoms with E-state index in [4.69, 9.17) is 10.00 Å². The highest BCUT2D eigenvalue weighted by Crippen LogP contribution is 2.29. The number of pyridine rings is 3. The number of carbonyl (C=O) groups is 2. The highest BCUT2D eigenvalue weighted by atomic mass is 16.6. The molecule has 192 valence electrons. The van der Waals surface area contributed by atoms with Gasteiger partial charge in [0, 0.05) is 43.8 Å². The number of aromatic nitrogens is 3. The van der Waals surface area contributed by atoms with E-state index in [2.05, 4.69) is 25.2 Å². The van der Waals surface area contributed by atoms with Gasteiger partial charge in [-0.25, -0.2) is 19.7 Å². The van der Waals surface area contributed by atoms with Gasteiger partial charge in [-0.3, -0.25) is 4.79 Å². The molecule has 4 heterocycles. The van der Waals surface area contributed by atoms with E-state index in [1.807, 2.05) is 33.8 Å². The van der Waals surface area contributed by atoms with Crippen molar-refractivity contribution in [1.29, 1.82) is 5.26 Å². The summed E-state index contributed by atoms with van der Waals surface area (Å²) in [7, 11) is 0. The van der Waals surface area contributed by atoms with Crippen LogP contribution in [0.5, 0.6) is 5.75 Å². The second-order valence-corrected chi connectivity index (χ2v) is 9.87. The Kier molecular flexibility index (Phi) is 7.11. The second kappa shape index (κ2) is 10.3. The lowest BCUT2D eigenvalue weighted by atomic mass is 10.1. The largest absolute Gasteiger partial charge is 0.505 e. The van der Waals surface area contributed by atoms with Crippen LogP contribution in [0.4, 0.5) is 10.6 Å². The number of fused-ring (bicyclic) bond motifs is 1. The maximum atomic E-state index is 12.7. The van der Waals surface area contributed by atoms with Crippen molar-refractivity contribution in [2.75, 3.05) is 24.5 Å². The predicted molar refractivity (Wildman–Crippen MR) is 136 cm³/mol. The summed E-state index contributed by atoms with van der Waals surface area (Å²) in [5.41, 5.74) is 0.783. The average Bonchev–Trinajstić information content (AvgIpc) is 2.86. The SMILES string of the molecule is C[C@H]1CN(C(=O)OC(C)(C)C)CCN1c1ccc2c(O)c(C(=O)NCc3ccc(C#N)nc3)ncc2n1. The molecule has 0 aromatic carbocycles. The van der Waals surface area contributed by atoms with Crippen LogP contribution in [0.3, 0.4) is 0 Å². The summed E-state index contributed by atoms with van der Waals surface area (Å²) >= 11 is 0. The third kappa shape index (κ3) is 5.86. The van der Waals surface area contributed by atoms with Crippen molar-refractivity contribution in [3.63, 3.8) is 0 Å². The summed E-state index contributed by atoms with van der Waals surface area (Å²) in [6.45, 7) is 9.26. The van der Waals surface area contributed by atoms with Crippen LogP contribution in [0, 0.1) is 11.3 Å². The summed E-state index contributed by atoms with van der Waals surface area (Å²) in [4.78, 5) is 41.7. The van der Waals surface area contributed by atoms with Crippen molar-refractivity contribution in [2.24, 2.45) is 0 Å². The number of nitriles is 1. The average molecular weight is 504 g/mol. The number of nitrogens with one attached hydrogen (secondary N) is 1. The first kappa shape index (κ1) is 25.6. The Morgan fingerprint density at radius 1 is 1.19 bits per heavy atom. The van der Waals surface area contributed by atoms with E-state index in [0.717, 1.165) is 0 Å². The van der Waals surface area contributed by atoms with Crippen molar-refractivity contribution in [3.8, 4) is 11.8 Å². The molecule has 0 saturated carbocycles. The lowest BCUT2D eigenvalue weighted by molar-refractivity contribution is 0.0218. The van der Waals surface area contributed by atoms with Crippen molar-refractivity contribution >= 4 is 28.7 Å². The monoisotopic (exact) mass is 503 g/mol. The van der Waals surface area contributed by atoms with Gasteiger partial charge in [0.05, 0.1) is 11.7 Å². The molecule has 1 saturated heterocycles. The molecule has 3 aromatic heterocycles. The van der Waals surface area contributed by atoms with Gasteiger partial charge in [0.1, 0.15) is 23.2 Å². The van der Waals surface area contributed by atoms with Gasteiger partial charge in [0.25, 0.3) is 5.91 Å². The number of rotatable bonds is 4. The third-order valence-electron chi connectivity index (χ3n) is 5.89. The van der Waals surface area contributed by atoms with Crippen LogP contribution >= 0.6 is 0 Å². The maximum absolute atomic E-state index is 12.7. The lowest BCUT2D eigenvalue weighted by Gasteiger charge is -2.40. The molecule has 0 aliphatic carbocycles. The van der Waals surface area contributed by atoms with Crippen LogP contribution in [0.2, 0.25) is 0 Å². The Labute approximate surface area is 214 Å². The quantitative estimate of drug-likeness (QED) is 0.549. The zero-order valence-electron chi connectivity index (χ0n) is 21.2. The highest BCUT2D eigenvalue weighted by Gasteiger charge is 2.30. The first-order valence-corrected chi connectivity index (χ1v) is 11.9. The Balaban J connectivity index is 1.45. The summed E-state index contributed by atoms with van der Waals surface area (Å²) in [6, 6.07) is 8.69. The first-order valence-electron chi connectivity index (χ1n) is 11.9. The number of amides is 2. The van der Waals surface area contributed by atoms with Gasteiger partial charge in [-0.05, 0) is 51.5 Å². The van der Waals surface area contributed by atoms with Crippen molar-refractivity contribution in [3.05, 3.63) is 53.6 Å². The maximum Gasteiger partial charge on any atom is 0.410 e. The molecular weight excluding hydrogens is 474 g/mol. The molecule has 1 atom stereocenters. The molecule has 2 amide bonds. The minimum atomic E-state index is -0.553. The van der Waals surface area contributed by atoms with Crippen LogP contribution in [-0.2, 0) is 11.3 Å². The number of anilines is 1. The van der Waals surface area contributed by atoms with Gasteiger partial charge in [-0.1, -0.05) is 6.07 Å². The van der Waals surface area contributed by atoms with Crippen molar-refractivity contribution in [2.45, 2.75) is 45.9 Å². The van der Waals surface area contributed by atoms with E-state index in [9.17, 15) is 14.7 Å². The van der Waals surface area contributed by atoms with Crippen LogP contribution in [-0.4, -0.2) is 68.2 Å². The van der Waals surface area contributed by atoms with Crippen LogP contribution in [0.1, 0.15) is 49.4 Å². The molecule has 0 unspecified atom stereocenters. The van der Waals surface area contributed by atoms with Crippen LogP contribution in [0.15, 0.2) is 36.7 Å². The Morgan fingerprint density at radius 2 is 1.97 bits per heavy atom. The molecule has 0 bridgehead atoms. The molecule has 0 radical (unpaired) electrons. The fourth-order valence-electron chi connectivity index (χ4n) is 4.05. The number of aromatic hydroxyl groups is 1. The van der Waals surface area contributed by atoms with Gasteiger partial charge < -0.3 is 25.0 Å². The minimum Gasteiger partial charge on any atom is -0.505 e. The van der Waals surface area contributed by atoms with Gasteiger partial charge >= 0.3 is 6.09 Å². The summed E-state index contributed by atoms with van der Waals surface area (Å²) in [6.07, 6.45) is 2.63. The molecule has 1 aliphatic rings. The molecule has 3 aromatic rings. The zero-order valence-corrected chi connectivity index (χ0v) is 21.2. The summed E-state index contributed by atoms with van der Waals surface area (Å²) < 4.78 is 5.49. The molecule has 11 nitrogen and oxygen atoms in total. The fourth-order valence-corrected chi connectivity index (χ4v) is 4.05. The summed E-state index contributed by atoms with van der Waals surface area (Å²) in [5.74, 6) is -0.106. The van der Waals surface area contributed by atoms with E-state index < -0.39 is 11.5 Å². The number of carbonyl (C=O) groups excluding carboxylic acids is 2. The number of hydrogen-bond acceptors (Lipinski definition) is 9. The third-order valence-corrected chi connectivity index (χ3v) is 5.89. The summed E-state index contributed by atoms with van der Waals surface area (Å²) in [5, 5.41) is 22.7. The van der Waals surface area contributed by atoms with E-state index in [1.165, 1.54) is 12.4 Å². The molecule has 0 spiro atoms. The van der Waals surface area contributed by atoms with Gasteiger partial charge in [-0.2, -0.15) is 5.26 Å². The molecule has 1 aliphatic heterocycles. The van der Waals surface area contributed by atoms with Gasteiger partial charge in [0.2, 0.25) is 0 Å². The zero-order chi connectivity index (χ0) is 26.7. The van der Waals surface area contributed by atoms with Gasteiger partial charge in [0.15, 0.2) is 11.4 Å². The Hall–Kier alpha value is -4.46. The highest BCUT2D eigenvalue weighted by molar-refractivity contribution is 6.00. The van der Waals surface area contributed by atoms with E-state index >= 15 is 0 Å². The normalized spacial score (nSPS) is 15.8. The standard InChI is InChI=1S/C26H29N7O4/c1-16-15-32(25(36)37-26(2,3)4)9-10-33(16)21-8-7-19-20(31-21)14-29-22(23(19)34)24(35)30-13-17-5-6-18(11-27)28-12-17/h5-8,12,14,16,34H,9-10,13,15H2,1-4H3,(H,30,35)/t16-/m0/s1. The van der Waals surface area contributed by atoms with E-state index in [1.54, 1.807) is 29.2 Å². The molecule has 1 fully saturated rings. The molecule has 37 heavy (non-hydrogen) atoms. The number of piperazine rings is 1. The second-order valence-electron chi connectivity index (χ2n) is 9.87. The molecule has 2 N–H and O–H groups in total. The van der Waals surface area contributed by atoms with Crippen molar-refractivity contribution < 1.29 is 19.4 Å². The number of nitrogens with zero attached hydrogens (tertiary/aromatic N) is 6. The molecule has 4 rings (SSSR count). The smallest absolute Gasteiger partial charge is 0.410 e. The lowest BCUT2D eigenvalue weighted by Crippen LogP contribution is -2.54. The number of ether oxygens (including phenoxy) is 1. The molecular formula is C26H29N7O4. The number of hydrogen-bond donors (Lipinski definition) is 2. The fraction of sp³-hybridized carbons (Fsp3) is 0.385. The Morgan fingerprint density at radius 3 is 2.62 bits per heavy atom. The van der Waals surface area contributed by atoms with Crippen LogP contribution < -0.4 is 10.2 Å². The molecule has 11 heteroatoms. The minimum absolute atomic E-state index is 0.00506. The Bertz CT molecular complexity index is 1360. The van der Waals surface area contributed by atoms with Gasteiger partial charge in [-0.15, -0.1) is 0 Å².